The molecule has 0 aliphatic carbocycles. The van der Waals surface area contributed by atoms with Crippen LogP contribution in [0, 0.1) is 0 Å². The SMILES string of the molecule is C[C@]1(C(=O)O)OC(c2ccccc2)O[C@]1(C)C(=O)O. The van der Waals surface area contributed by atoms with Crippen molar-refractivity contribution in [1.29, 1.82) is 0 Å². The molecule has 1 aliphatic heterocycles. The highest BCUT2D eigenvalue weighted by Gasteiger charge is 2.65. The van der Waals surface area contributed by atoms with E-state index < -0.39 is 29.4 Å². The highest BCUT2D eigenvalue weighted by atomic mass is 16.8. The zero-order chi connectivity index (χ0) is 14.3. The quantitative estimate of drug-likeness (QED) is 0.859. The van der Waals surface area contributed by atoms with E-state index in [0.29, 0.717) is 5.56 Å². The summed E-state index contributed by atoms with van der Waals surface area (Å²) >= 11 is 0. The van der Waals surface area contributed by atoms with Gasteiger partial charge in [-0.15, -0.1) is 0 Å². The summed E-state index contributed by atoms with van der Waals surface area (Å²) < 4.78 is 10.7. The van der Waals surface area contributed by atoms with Gasteiger partial charge in [0.2, 0.25) is 11.2 Å². The summed E-state index contributed by atoms with van der Waals surface area (Å²) in [4.78, 5) is 22.7. The third-order valence-electron chi connectivity index (χ3n) is 3.48. The summed E-state index contributed by atoms with van der Waals surface area (Å²) in [6, 6.07) is 8.61. The van der Waals surface area contributed by atoms with Gasteiger partial charge in [0, 0.05) is 5.56 Å². The monoisotopic (exact) mass is 266 g/mol. The number of hydrogen-bond acceptors (Lipinski definition) is 4. The van der Waals surface area contributed by atoms with Gasteiger partial charge in [0.15, 0.2) is 6.29 Å². The topological polar surface area (TPSA) is 93.1 Å². The number of carboxylic acids is 2. The first-order chi connectivity index (χ1) is 8.81. The highest BCUT2D eigenvalue weighted by molar-refractivity contribution is 5.91. The Kier molecular flexibility index (Phi) is 3.07. The van der Waals surface area contributed by atoms with Gasteiger partial charge in [-0.05, 0) is 13.8 Å². The highest BCUT2D eigenvalue weighted by Crippen LogP contribution is 2.45. The fourth-order valence-corrected chi connectivity index (χ4v) is 1.93. The van der Waals surface area contributed by atoms with Crippen LogP contribution in [-0.2, 0) is 19.1 Å². The minimum Gasteiger partial charge on any atom is -0.479 e. The van der Waals surface area contributed by atoms with E-state index in [4.69, 9.17) is 9.47 Å². The number of rotatable bonds is 3. The maximum atomic E-state index is 11.4. The number of aliphatic carboxylic acids is 2. The molecule has 2 N–H and O–H groups in total. The molecule has 2 rings (SSSR count). The van der Waals surface area contributed by atoms with Gasteiger partial charge < -0.3 is 19.7 Å². The van der Waals surface area contributed by atoms with Crippen molar-refractivity contribution in [2.24, 2.45) is 0 Å². The summed E-state index contributed by atoms with van der Waals surface area (Å²) in [5.41, 5.74) is -3.35. The molecule has 0 amide bonds. The maximum Gasteiger partial charge on any atom is 0.339 e. The third-order valence-corrected chi connectivity index (χ3v) is 3.48. The molecule has 1 aromatic rings. The lowest BCUT2D eigenvalue weighted by atomic mass is 9.86. The van der Waals surface area contributed by atoms with E-state index in [9.17, 15) is 19.8 Å². The Morgan fingerprint density at radius 2 is 1.42 bits per heavy atom. The third kappa shape index (κ3) is 1.89. The van der Waals surface area contributed by atoms with Gasteiger partial charge in [-0.3, -0.25) is 0 Å². The Balaban J connectivity index is 2.42. The molecule has 1 heterocycles. The average molecular weight is 266 g/mol. The van der Waals surface area contributed by atoms with Crippen molar-refractivity contribution in [3.05, 3.63) is 35.9 Å². The minimum atomic E-state index is -1.96. The molecule has 0 aromatic heterocycles. The van der Waals surface area contributed by atoms with Crippen LogP contribution in [0.15, 0.2) is 30.3 Å². The molecule has 0 saturated carbocycles. The Labute approximate surface area is 109 Å². The summed E-state index contributed by atoms with van der Waals surface area (Å²) in [5, 5.41) is 18.5. The smallest absolute Gasteiger partial charge is 0.339 e. The van der Waals surface area contributed by atoms with Crippen molar-refractivity contribution in [2.45, 2.75) is 31.3 Å². The zero-order valence-electron chi connectivity index (χ0n) is 10.5. The fourth-order valence-electron chi connectivity index (χ4n) is 1.93. The molecule has 0 radical (unpaired) electrons. The van der Waals surface area contributed by atoms with Crippen LogP contribution in [0.25, 0.3) is 0 Å². The van der Waals surface area contributed by atoms with Crippen molar-refractivity contribution in [2.75, 3.05) is 0 Å². The van der Waals surface area contributed by atoms with Crippen LogP contribution in [0.4, 0.5) is 0 Å². The fraction of sp³-hybridized carbons (Fsp3) is 0.385. The van der Waals surface area contributed by atoms with E-state index >= 15 is 0 Å². The maximum absolute atomic E-state index is 11.4. The average Bonchev–Trinajstić information content (AvgIpc) is 2.66. The van der Waals surface area contributed by atoms with E-state index in [1.807, 2.05) is 0 Å². The molecular formula is C13H14O6. The molecule has 6 nitrogen and oxygen atoms in total. The van der Waals surface area contributed by atoms with Crippen LogP contribution in [0.2, 0.25) is 0 Å². The van der Waals surface area contributed by atoms with E-state index in [2.05, 4.69) is 0 Å². The van der Waals surface area contributed by atoms with Gasteiger partial charge in [0.05, 0.1) is 0 Å². The molecule has 0 spiro atoms. The van der Waals surface area contributed by atoms with Crippen molar-refractivity contribution < 1.29 is 29.3 Å². The van der Waals surface area contributed by atoms with Crippen molar-refractivity contribution in [1.82, 2.24) is 0 Å². The van der Waals surface area contributed by atoms with E-state index in [1.165, 1.54) is 13.8 Å². The largest absolute Gasteiger partial charge is 0.479 e. The molecule has 0 bridgehead atoms. The first-order valence-electron chi connectivity index (χ1n) is 5.68. The van der Waals surface area contributed by atoms with Crippen LogP contribution in [0.5, 0.6) is 0 Å². The van der Waals surface area contributed by atoms with Crippen molar-refractivity contribution in [3.63, 3.8) is 0 Å². The minimum absolute atomic E-state index is 0.569. The summed E-state index contributed by atoms with van der Waals surface area (Å²) in [5.74, 6) is -2.76. The van der Waals surface area contributed by atoms with Crippen LogP contribution in [0.1, 0.15) is 25.7 Å². The lowest BCUT2D eigenvalue weighted by Gasteiger charge is -2.29. The molecule has 19 heavy (non-hydrogen) atoms. The van der Waals surface area contributed by atoms with Gasteiger partial charge >= 0.3 is 11.9 Å². The lowest BCUT2D eigenvalue weighted by molar-refractivity contribution is -0.177. The number of hydrogen-bond donors (Lipinski definition) is 2. The second-order valence-corrected chi connectivity index (χ2v) is 4.66. The summed E-state index contributed by atoms with van der Waals surface area (Å²) in [6.45, 7) is 2.40. The normalized spacial score (nSPS) is 31.3. The Hall–Kier alpha value is -1.92. The Morgan fingerprint density at radius 3 is 1.79 bits per heavy atom. The van der Waals surface area contributed by atoms with E-state index in [-0.39, 0.29) is 0 Å². The van der Waals surface area contributed by atoms with E-state index in [1.54, 1.807) is 30.3 Å². The lowest BCUT2D eigenvalue weighted by Crippen LogP contribution is -2.57. The molecule has 2 atom stereocenters. The predicted octanol–water partition coefficient (Wildman–Crippen LogP) is 1.42. The number of benzene rings is 1. The Bertz CT molecular complexity index is 485. The molecule has 0 unspecified atom stereocenters. The Morgan fingerprint density at radius 1 is 1.00 bits per heavy atom. The van der Waals surface area contributed by atoms with Gasteiger partial charge in [-0.1, -0.05) is 30.3 Å². The second-order valence-electron chi connectivity index (χ2n) is 4.66. The molecule has 1 aliphatic rings. The molecule has 1 fully saturated rings. The summed E-state index contributed by atoms with van der Waals surface area (Å²) in [7, 11) is 0. The predicted molar refractivity (Wildman–Crippen MR) is 63.4 cm³/mol. The molecule has 1 saturated heterocycles. The van der Waals surface area contributed by atoms with Crippen LogP contribution < -0.4 is 0 Å². The van der Waals surface area contributed by atoms with Crippen LogP contribution in [-0.4, -0.2) is 33.4 Å². The van der Waals surface area contributed by atoms with Crippen LogP contribution >= 0.6 is 0 Å². The molecule has 102 valence electrons. The van der Waals surface area contributed by atoms with Gasteiger partial charge in [0.25, 0.3) is 0 Å². The zero-order valence-corrected chi connectivity index (χ0v) is 10.5. The van der Waals surface area contributed by atoms with Gasteiger partial charge in [-0.2, -0.15) is 0 Å². The van der Waals surface area contributed by atoms with Gasteiger partial charge in [0.1, 0.15) is 0 Å². The first kappa shape index (κ1) is 13.5. The molecular weight excluding hydrogens is 252 g/mol. The van der Waals surface area contributed by atoms with E-state index in [0.717, 1.165) is 0 Å². The number of ether oxygens (including phenoxy) is 2. The first-order valence-corrected chi connectivity index (χ1v) is 5.68. The second kappa shape index (κ2) is 4.32. The van der Waals surface area contributed by atoms with Crippen LogP contribution in [0.3, 0.4) is 0 Å². The summed E-state index contributed by atoms with van der Waals surface area (Å²) in [6.07, 6.45) is -1.02. The molecule has 6 heteroatoms. The van der Waals surface area contributed by atoms with Crippen molar-refractivity contribution >= 4 is 11.9 Å². The number of carboxylic acid groups (broad SMARTS) is 2. The molecule has 1 aromatic carbocycles. The van der Waals surface area contributed by atoms with Crippen molar-refractivity contribution in [3.8, 4) is 0 Å². The standard InChI is InChI=1S/C13H14O6/c1-12(10(14)15)13(2,11(16)17)19-9(18-12)8-6-4-3-5-7-8/h3-7,9H,1-2H3,(H,14,15)(H,16,17)/t12-,13-/m1/s1. The van der Waals surface area contributed by atoms with Gasteiger partial charge in [-0.25, -0.2) is 9.59 Å². The number of carbonyl (C=O) groups is 2.